The van der Waals surface area contributed by atoms with E-state index in [-0.39, 0.29) is 5.82 Å². The van der Waals surface area contributed by atoms with Gasteiger partial charge in [-0.15, -0.1) is 0 Å². The molecule has 0 atom stereocenters. The summed E-state index contributed by atoms with van der Waals surface area (Å²) in [6.45, 7) is 7.30. The topological polar surface area (TPSA) is 42.7 Å². The third-order valence-corrected chi connectivity index (χ3v) is 2.90. The first-order valence-corrected chi connectivity index (χ1v) is 6.41. The van der Waals surface area contributed by atoms with Crippen LogP contribution in [0.5, 0.6) is 0 Å². The lowest BCUT2D eigenvalue weighted by Crippen LogP contribution is -2.22. The van der Waals surface area contributed by atoms with Crippen molar-refractivity contribution in [1.82, 2.24) is 20.1 Å². The summed E-state index contributed by atoms with van der Waals surface area (Å²) in [4.78, 5) is 4.23. The molecule has 1 aromatic carbocycles. The van der Waals surface area contributed by atoms with Gasteiger partial charge in [-0.25, -0.2) is 14.1 Å². The highest BCUT2D eigenvalue weighted by Crippen LogP contribution is 2.11. The second-order valence-corrected chi connectivity index (χ2v) is 4.96. The smallest absolute Gasteiger partial charge is 0.164 e. The number of benzene rings is 1. The molecular formula is C14H19FN4. The monoisotopic (exact) mass is 262 g/mol. The molecule has 19 heavy (non-hydrogen) atoms. The largest absolute Gasteiger partial charge is 0.308 e. The molecule has 0 aliphatic heterocycles. The second kappa shape index (κ2) is 5.93. The van der Waals surface area contributed by atoms with E-state index in [1.807, 2.05) is 6.92 Å². The highest BCUT2D eigenvalue weighted by molar-refractivity contribution is 5.26. The predicted molar refractivity (Wildman–Crippen MR) is 72.2 cm³/mol. The van der Waals surface area contributed by atoms with Crippen LogP contribution in [0.2, 0.25) is 0 Å². The summed E-state index contributed by atoms with van der Waals surface area (Å²) in [5.41, 5.74) is 1.98. The molecular weight excluding hydrogens is 243 g/mol. The van der Waals surface area contributed by atoms with E-state index in [0.717, 1.165) is 17.0 Å². The number of nitrogens with zero attached hydrogens (tertiary/aromatic N) is 3. The molecule has 0 fully saturated rings. The molecule has 0 radical (unpaired) electrons. The van der Waals surface area contributed by atoms with Crippen molar-refractivity contribution in [2.45, 2.75) is 39.9 Å². The Labute approximate surface area is 112 Å². The Hall–Kier alpha value is -1.75. The molecule has 0 amide bonds. The van der Waals surface area contributed by atoms with Gasteiger partial charge in [0.2, 0.25) is 0 Å². The fourth-order valence-corrected chi connectivity index (χ4v) is 1.77. The molecule has 0 unspecified atom stereocenters. The molecule has 0 spiro atoms. The summed E-state index contributed by atoms with van der Waals surface area (Å²) in [5, 5.41) is 7.63. The van der Waals surface area contributed by atoms with Gasteiger partial charge in [0.05, 0.1) is 13.1 Å². The first-order chi connectivity index (χ1) is 9.04. The average Bonchev–Trinajstić information content (AvgIpc) is 2.79. The lowest BCUT2D eigenvalue weighted by Gasteiger charge is -2.06. The van der Waals surface area contributed by atoms with E-state index in [0.29, 0.717) is 19.1 Å². The van der Waals surface area contributed by atoms with Crippen molar-refractivity contribution in [2.75, 3.05) is 0 Å². The van der Waals surface area contributed by atoms with Crippen LogP contribution < -0.4 is 5.32 Å². The first-order valence-electron chi connectivity index (χ1n) is 6.41. The minimum absolute atomic E-state index is 0.220. The molecule has 0 saturated heterocycles. The molecule has 0 saturated carbocycles. The number of nitrogens with one attached hydrogen (secondary N) is 1. The molecule has 0 aliphatic rings. The summed E-state index contributed by atoms with van der Waals surface area (Å²) >= 11 is 0. The lowest BCUT2D eigenvalue weighted by atomic mass is 10.1. The Morgan fingerprint density at radius 3 is 2.89 bits per heavy atom. The molecule has 0 aliphatic carbocycles. The number of halogens is 1. The molecule has 0 bridgehead atoms. The summed E-state index contributed by atoms with van der Waals surface area (Å²) < 4.78 is 14.9. The molecule has 1 heterocycles. The maximum atomic E-state index is 13.2. The Morgan fingerprint density at radius 1 is 1.37 bits per heavy atom. The van der Waals surface area contributed by atoms with Gasteiger partial charge in [0.25, 0.3) is 0 Å². The van der Waals surface area contributed by atoms with Gasteiger partial charge in [-0.1, -0.05) is 19.9 Å². The van der Waals surface area contributed by atoms with Crippen LogP contribution in [0.25, 0.3) is 0 Å². The van der Waals surface area contributed by atoms with E-state index in [9.17, 15) is 4.39 Å². The standard InChI is InChI=1S/C14H19FN4/c1-10(2)16-7-14-17-9-19(18-14)8-12-6-13(15)5-4-11(12)3/h4-6,9-10,16H,7-8H2,1-3H3. The quantitative estimate of drug-likeness (QED) is 0.899. The van der Waals surface area contributed by atoms with Crippen LogP contribution in [-0.4, -0.2) is 20.8 Å². The van der Waals surface area contributed by atoms with Crippen molar-refractivity contribution >= 4 is 0 Å². The van der Waals surface area contributed by atoms with Crippen molar-refractivity contribution < 1.29 is 4.39 Å². The van der Waals surface area contributed by atoms with Gasteiger partial charge in [-0.3, -0.25) is 0 Å². The van der Waals surface area contributed by atoms with Crippen LogP contribution in [0.4, 0.5) is 4.39 Å². The van der Waals surface area contributed by atoms with Gasteiger partial charge in [-0.05, 0) is 30.2 Å². The number of aryl methyl sites for hydroxylation is 1. The van der Waals surface area contributed by atoms with Gasteiger partial charge >= 0.3 is 0 Å². The number of rotatable bonds is 5. The SMILES string of the molecule is Cc1ccc(F)cc1Cn1cnc(CNC(C)C)n1. The molecule has 1 N–H and O–H groups in total. The summed E-state index contributed by atoms with van der Waals surface area (Å²) in [7, 11) is 0. The number of hydrogen-bond acceptors (Lipinski definition) is 3. The average molecular weight is 262 g/mol. The van der Waals surface area contributed by atoms with E-state index < -0.39 is 0 Å². The third kappa shape index (κ3) is 3.86. The first kappa shape index (κ1) is 13.7. The van der Waals surface area contributed by atoms with Crippen molar-refractivity contribution in [3.8, 4) is 0 Å². The minimum Gasteiger partial charge on any atom is -0.308 e. The number of aromatic nitrogens is 3. The van der Waals surface area contributed by atoms with Crippen LogP contribution in [-0.2, 0) is 13.1 Å². The fraction of sp³-hybridized carbons (Fsp3) is 0.429. The maximum Gasteiger partial charge on any atom is 0.164 e. The van der Waals surface area contributed by atoms with E-state index in [1.165, 1.54) is 6.07 Å². The van der Waals surface area contributed by atoms with Gasteiger partial charge in [0.15, 0.2) is 5.82 Å². The van der Waals surface area contributed by atoms with Gasteiger partial charge in [0.1, 0.15) is 12.1 Å². The van der Waals surface area contributed by atoms with E-state index in [1.54, 1.807) is 23.1 Å². The summed E-state index contributed by atoms with van der Waals surface area (Å²) in [5.74, 6) is 0.533. The van der Waals surface area contributed by atoms with Gasteiger partial charge in [0, 0.05) is 6.04 Å². The van der Waals surface area contributed by atoms with Crippen molar-refractivity contribution in [2.24, 2.45) is 0 Å². The molecule has 2 aromatic rings. The predicted octanol–water partition coefficient (Wildman–Crippen LogP) is 2.27. The van der Waals surface area contributed by atoms with E-state index in [4.69, 9.17) is 0 Å². The lowest BCUT2D eigenvalue weighted by molar-refractivity contribution is 0.564. The van der Waals surface area contributed by atoms with E-state index >= 15 is 0 Å². The van der Waals surface area contributed by atoms with Gasteiger partial charge < -0.3 is 5.32 Å². The van der Waals surface area contributed by atoms with Crippen LogP contribution in [0.1, 0.15) is 30.8 Å². The molecule has 5 heteroatoms. The van der Waals surface area contributed by atoms with Crippen LogP contribution >= 0.6 is 0 Å². The molecule has 2 rings (SSSR count). The van der Waals surface area contributed by atoms with Gasteiger partial charge in [-0.2, -0.15) is 5.10 Å². The van der Waals surface area contributed by atoms with Crippen molar-refractivity contribution in [1.29, 1.82) is 0 Å². The normalized spacial score (nSPS) is 11.2. The Kier molecular flexibility index (Phi) is 4.27. The number of hydrogen-bond donors (Lipinski definition) is 1. The van der Waals surface area contributed by atoms with E-state index in [2.05, 4.69) is 29.2 Å². The zero-order valence-corrected chi connectivity index (χ0v) is 11.5. The Bertz CT molecular complexity index is 548. The minimum atomic E-state index is -0.220. The molecule has 1 aromatic heterocycles. The molecule has 4 nitrogen and oxygen atoms in total. The zero-order valence-electron chi connectivity index (χ0n) is 11.5. The van der Waals surface area contributed by atoms with Crippen molar-refractivity contribution in [3.63, 3.8) is 0 Å². The molecule has 102 valence electrons. The van der Waals surface area contributed by atoms with Crippen LogP contribution in [0.15, 0.2) is 24.5 Å². The highest BCUT2D eigenvalue weighted by Gasteiger charge is 2.05. The highest BCUT2D eigenvalue weighted by atomic mass is 19.1. The van der Waals surface area contributed by atoms with Crippen molar-refractivity contribution in [3.05, 3.63) is 47.3 Å². The second-order valence-electron chi connectivity index (χ2n) is 4.96. The fourth-order valence-electron chi connectivity index (χ4n) is 1.77. The third-order valence-electron chi connectivity index (χ3n) is 2.90. The zero-order chi connectivity index (χ0) is 13.8. The summed E-state index contributed by atoms with van der Waals surface area (Å²) in [6, 6.07) is 5.20. The Morgan fingerprint density at radius 2 is 2.16 bits per heavy atom. The van der Waals surface area contributed by atoms with Crippen LogP contribution in [0, 0.1) is 12.7 Å². The summed E-state index contributed by atoms with van der Waals surface area (Å²) in [6.07, 6.45) is 1.68. The maximum absolute atomic E-state index is 13.2. The Balaban J connectivity index is 2.05. The van der Waals surface area contributed by atoms with Crippen LogP contribution in [0.3, 0.4) is 0 Å².